The summed E-state index contributed by atoms with van der Waals surface area (Å²) < 4.78 is 16.1. The van der Waals surface area contributed by atoms with Gasteiger partial charge in [-0.2, -0.15) is 0 Å². The lowest BCUT2D eigenvalue weighted by molar-refractivity contribution is -0.231. The van der Waals surface area contributed by atoms with Crippen molar-refractivity contribution in [1.29, 1.82) is 0 Å². The zero-order valence-corrected chi connectivity index (χ0v) is 15.8. The summed E-state index contributed by atoms with van der Waals surface area (Å²) in [6, 6.07) is 13.6. The molecule has 8 heteroatoms. The molecule has 3 rings (SSSR count). The zero-order chi connectivity index (χ0) is 21.0. The second kappa shape index (κ2) is 9.34. The summed E-state index contributed by atoms with van der Waals surface area (Å²) in [4.78, 5) is 11.6. The molecule has 0 aromatic heterocycles. The molecule has 1 unspecified atom stereocenters. The van der Waals surface area contributed by atoms with E-state index in [4.69, 9.17) is 14.2 Å². The van der Waals surface area contributed by atoms with Crippen molar-refractivity contribution in [2.24, 2.45) is 0 Å². The first-order valence-corrected chi connectivity index (χ1v) is 9.15. The van der Waals surface area contributed by atoms with Gasteiger partial charge in [0.2, 0.25) is 0 Å². The van der Waals surface area contributed by atoms with E-state index in [-0.39, 0.29) is 6.61 Å². The monoisotopic (exact) mass is 404 g/mol. The average Bonchev–Trinajstić information content (AvgIpc) is 2.76. The van der Waals surface area contributed by atoms with Crippen molar-refractivity contribution in [3.05, 3.63) is 65.2 Å². The second-order valence-corrected chi connectivity index (χ2v) is 6.80. The van der Waals surface area contributed by atoms with Crippen LogP contribution in [0.25, 0.3) is 0 Å². The van der Waals surface area contributed by atoms with Gasteiger partial charge in [0, 0.05) is 0 Å². The van der Waals surface area contributed by atoms with Gasteiger partial charge in [-0.15, -0.1) is 0 Å². The highest BCUT2D eigenvalue weighted by molar-refractivity contribution is 5.89. The van der Waals surface area contributed by atoms with Crippen molar-refractivity contribution < 1.29 is 39.4 Å². The van der Waals surface area contributed by atoms with Crippen LogP contribution < -0.4 is 4.74 Å². The molecule has 1 aliphatic heterocycles. The van der Waals surface area contributed by atoms with Gasteiger partial charge in [0.1, 0.15) is 42.9 Å². The molecule has 0 aliphatic carbocycles. The summed E-state index contributed by atoms with van der Waals surface area (Å²) in [5, 5.41) is 39.5. The standard InChI is InChI=1S/C21H24O8/c1-27-21(26)14-6-2-4-12(8-14)11-28-15-7-3-5-13(9-15)20-19(25)18(24)17(23)16(10-22)29-20/h2-9,16-20,22-25H,10-11H2,1H3/t16-,17-,18+,19+,20?/m1/s1. The first-order chi connectivity index (χ1) is 13.9. The van der Waals surface area contributed by atoms with Crippen LogP contribution >= 0.6 is 0 Å². The topological polar surface area (TPSA) is 126 Å². The van der Waals surface area contributed by atoms with Crippen LogP contribution in [0.1, 0.15) is 27.6 Å². The van der Waals surface area contributed by atoms with E-state index in [1.165, 1.54) is 7.11 Å². The van der Waals surface area contributed by atoms with E-state index >= 15 is 0 Å². The molecule has 1 heterocycles. The largest absolute Gasteiger partial charge is 0.489 e. The molecule has 2 aromatic rings. The van der Waals surface area contributed by atoms with Crippen molar-refractivity contribution in [3.63, 3.8) is 0 Å². The van der Waals surface area contributed by atoms with Crippen LogP contribution in [0, 0.1) is 0 Å². The van der Waals surface area contributed by atoms with E-state index in [1.54, 1.807) is 42.5 Å². The van der Waals surface area contributed by atoms with Crippen LogP contribution in [0.4, 0.5) is 0 Å². The Hall–Kier alpha value is -2.49. The smallest absolute Gasteiger partial charge is 0.337 e. The number of hydrogen-bond donors (Lipinski definition) is 4. The predicted molar refractivity (Wildman–Crippen MR) is 101 cm³/mol. The summed E-state index contributed by atoms with van der Waals surface area (Å²) in [5.74, 6) is 0.0550. The summed E-state index contributed by atoms with van der Waals surface area (Å²) in [7, 11) is 1.32. The highest BCUT2D eigenvalue weighted by Crippen LogP contribution is 2.33. The molecule has 0 radical (unpaired) electrons. The fourth-order valence-corrected chi connectivity index (χ4v) is 3.23. The third kappa shape index (κ3) is 4.75. The van der Waals surface area contributed by atoms with E-state index in [0.29, 0.717) is 16.9 Å². The van der Waals surface area contributed by atoms with Crippen molar-refractivity contribution in [2.75, 3.05) is 13.7 Å². The molecule has 2 aromatic carbocycles. The van der Waals surface area contributed by atoms with E-state index in [2.05, 4.69) is 0 Å². The average molecular weight is 404 g/mol. The number of carbonyl (C=O) groups excluding carboxylic acids is 1. The fourth-order valence-electron chi connectivity index (χ4n) is 3.23. The van der Waals surface area contributed by atoms with Crippen molar-refractivity contribution in [3.8, 4) is 5.75 Å². The molecule has 1 fully saturated rings. The highest BCUT2D eigenvalue weighted by Gasteiger charge is 2.43. The number of aliphatic hydroxyl groups is 4. The SMILES string of the molecule is COC(=O)c1cccc(COc2cccc(C3O[C@H](CO)[C@@H](O)[C@H](O)[C@@H]3O)c2)c1. The van der Waals surface area contributed by atoms with Gasteiger partial charge >= 0.3 is 5.97 Å². The molecule has 156 valence electrons. The summed E-state index contributed by atoms with van der Waals surface area (Å²) in [6.07, 6.45) is -6.13. The minimum absolute atomic E-state index is 0.197. The van der Waals surface area contributed by atoms with Gasteiger partial charge in [-0.1, -0.05) is 24.3 Å². The van der Waals surface area contributed by atoms with Gasteiger partial charge in [-0.05, 0) is 35.4 Å². The van der Waals surface area contributed by atoms with E-state index in [9.17, 15) is 25.2 Å². The molecule has 1 saturated heterocycles. The quantitative estimate of drug-likeness (QED) is 0.515. The predicted octanol–water partition coefficient (Wildman–Crippen LogP) is 0.567. The number of ether oxygens (including phenoxy) is 3. The molecule has 4 N–H and O–H groups in total. The van der Waals surface area contributed by atoms with Gasteiger partial charge in [0.15, 0.2) is 0 Å². The van der Waals surface area contributed by atoms with Crippen LogP contribution in [-0.4, -0.2) is 64.5 Å². The maximum Gasteiger partial charge on any atom is 0.337 e. The van der Waals surface area contributed by atoms with Crippen LogP contribution in [0.15, 0.2) is 48.5 Å². The van der Waals surface area contributed by atoms with Gasteiger partial charge in [0.25, 0.3) is 0 Å². The molecule has 1 aliphatic rings. The third-order valence-electron chi connectivity index (χ3n) is 4.83. The van der Waals surface area contributed by atoms with Gasteiger partial charge < -0.3 is 34.6 Å². The lowest BCUT2D eigenvalue weighted by Gasteiger charge is -2.40. The lowest BCUT2D eigenvalue weighted by atomic mass is 9.91. The van der Waals surface area contributed by atoms with Crippen molar-refractivity contribution in [1.82, 2.24) is 0 Å². The fraction of sp³-hybridized carbons (Fsp3) is 0.381. The van der Waals surface area contributed by atoms with Crippen molar-refractivity contribution in [2.45, 2.75) is 37.1 Å². The normalized spacial score (nSPS) is 26.7. The lowest BCUT2D eigenvalue weighted by Crippen LogP contribution is -2.55. The van der Waals surface area contributed by atoms with E-state index in [0.717, 1.165) is 5.56 Å². The molecular formula is C21H24O8. The zero-order valence-electron chi connectivity index (χ0n) is 15.8. The van der Waals surface area contributed by atoms with Gasteiger partial charge in [-0.3, -0.25) is 0 Å². The Morgan fingerprint density at radius 2 is 1.79 bits per heavy atom. The van der Waals surface area contributed by atoms with Crippen LogP contribution in [0.3, 0.4) is 0 Å². The number of hydrogen-bond acceptors (Lipinski definition) is 8. The number of aliphatic hydroxyl groups excluding tert-OH is 4. The van der Waals surface area contributed by atoms with Gasteiger partial charge in [-0.25, -0.2) is 4.79 Å². The molecule has 5 atom stereocenters. The maximum atomic E-state index is 11.6. The van der Waals surface area contributed by atoms with Crippen LogP contribution in [-0.2, 0) is 16.1 Å². The Labute approximate surface area is 167 Å². The summed E-state index contributed by atoms with van der Waals surface area (Å²) in [6.45, 7) is -0.295. The highest BCUT2D eigenvalue weighted by atomic mass is 16.5. The molecule has 0 amide bonds. The number of methoxy groups -OCH3 is 1. The summed E-state index contributed by atoms with van der Waals surface area (Å²) >= 11 is 0. The van der Waals surface area contributed by atoms with Gasteiger partial charge in [0.05, 0.1) is 19.3 Å². The summed E-state index contributed by atoms with van der Waals surface area (Å²) in [5.41, 5.74) is 1.72. The maximum absolute atomic E-state index is 11.6. The Morgan fingerprint density at radius 3 is 2.52 bits per heavy atom. The first-order valence-electron chi connectivity index (χ1n) is 9.15. The molecular weight excluding hydrogens is 380 g/mol. The Morgan fingerprint density at radius 1 is 1.03 bits per heavy atom. The van der Waals surface area contributed by atoms with Crippen LogP contribution in [0.5, 0.6) is 5.75 Å². The Balaban J connectivity index is 1.72. The Bertz CT molecular complexity index is 837. The minimum Gasteiger partial charge on any atom is -0.489 e. The second-order valence-electron chi connectivity index (χ2n) is 6.80. The molecule has 0 bridgehead atoms. The first kappa shape index (κ1) is 21.2. The number of carbonyl (C=O) groups is 1. The molecule has 29 heavy (non-hydrogen) atoms. The van der Waals surface area contributed by atoms with E-state index in [1.807, 2.05) is 6.07 Å². The molecule has 0 spiro atoms. The van der Waals surface area contributed by atoms with Crippen LogP contribution in [0.2, 0.25) is 0 Å². The number of esters is 1. The number of benzene rings is 2. The third-order valence-corrected chi connectivity index (χ3v) is 4.83. The van der Waals surface area contributed by atoms with Crippen molar-refractivity contribution >= 4 is 5.97 Å². The molecule has 0 saturated carbocycles. The number of rotatable bonds is 6. The van der Waals surface area contributed by atoms with E-state index < -0.39 is 43.1 Å². The minimum atomic E-state index is -1.45. The molecule has 8 nitrogen and oxygen atoms in total. The Kier molecular flexibility index (Phi) is 6.83.